The minimum absolute atomic E-state index is 0.00954. The first-order valence-electron chi connectivity index (χ1n) is 11.8. The second-order valence-corrected chi connectivity index (χ2v) is 8.77. The van der Waals surface area contributed by atoms with Gasteiger partial charge in [0.05, 0.1) is 18.2 Å². The van der Waals surface area contributed by atoms with Crippen LogP contribution < -0.4 is 36.9 Å². The molecule has 3 fully saturated rings. The van der Waals surface area contributed by atoms with Crippen LogP contribution in [0.3, 0.4) is 0 Å². The Morgan fingerprint density at radius 2 is 1.79 bits per heavy atom. The lowest BCUT2D eigenvalue weighted by Gasteiger charge is -2.46. The Balaban J connectivity index is 1.22. The quantitative estimate of drug-likeness (QED) is 0.356. The molecule has 9 nitrogen and oxygen atoms in total. The highest BCUT2D eigenvalue weighted by atomic mass is 16.5. The summed E-state index contributed by atoms with van der Waals surface area (Å²) in [6.45, 7) is 6.53. The fourth-order valence-corrected chi connectivity index (χ4v) is 4.76. The third-order valence-electron chi connectivity index (χ3n) is 6.55. The average Bonchev–Trinajstić information content (AvgIpc) is 2.86. The summed E-state index contributed by atoms with van der Waals surface area (Å²) in [5.41, 5.74) is 7.86. The van der Waals surface area contributed by atoms with Crippen molar-refractivity contribution in [1.82, 2.24) is 31.7 Å². The number of carbonyl (C=O) groups is 1. The van der Waals surface area contributed by atoms with Crippen LogP contribution in [0.25, 0.3) is 0 Å². The molecule has 0 radical (unpaired) electrons. The van der Waals surface area contributed by atoms with Crippen LogP contribution in [0.5, 0.6) is 5.75 Å². The first kappa shape index (κ1) is 22.1. The zero-order chi connectivity index (χ0) is 22.5. The van der Waals surface area contributed by atoms with Crippen molar-refractivity contribution in [3.05, 3.63) is 60.2 Å². The van der Waals surface area contributed by atoms with E-state index < -0.39 is 0 Å². The maximum atomic E-state index is 12.7. The molecule has 2 aromatic rings. The molecule has 0 spiro atoms. The molecular formula is C24H33N7O2. The van der Waals surface area contributed by atoms with Crippen LogP contribution in [0.2, 0.25) is 0 Å². The average molecular weight is 452 g/mol. The van der Waals surface area contributed by atoms with Crippen molar-refractivity contribution in [1.29, 1.82) is 0 Å². The molecule has 4 unspecified atom stereocenters. The van der Waals surface area contributed by atoms with Gasteiger partial charge in [-0.25, -0.2) is 5.43 Å². The second kappa shape index (κ2) is 10.5. The summed E-state index contributed by atoms with van der Waals surface area (Å²) in [4.78, 5) is 15.1. The fourth-order valence-electron chi connectivity index (χ4n) is 4.76. The number of amides is 1. The lowest BCUT2D eigenvalue weighted by molar-refractivity contribution is -0.131. The largest absolute Gasteiger partial charge is 0.492 e. The Kier molecular flexibility index (Phi) is 7.03. The maximum absolute atomic E-state index is 12.7. The molecule has 3 heterocycles. The first-order valence-corrected chi connectivity index (χ1v) is 11.8. The summed E-state index contributed by atoms with van der Waals surface area (Å²) in [7, 11) is 0. The molecule has 2 aromatic carbocycles. The summed E-state index contributed by atoms with van der Waals surface area (Å²) >= 11 is 0. The lowest BCUT2D eigenvalue weighted by atomic mass is 9.89. The van der Waals surface area contributed by atoms with Crippen LogP contribution >= 0.6 is 0 Å². The molecule has 6 N–H and O–H groups in total. The highest BCUT2D eigenvalue weighted by Gasteiger charge is 2.43. The molecule has 5 rings (SSSR count). The van der Waals surface area contributed by atoms with Gasteiger partial charge in [0, 0.05) is 51.0 Å². The zero-order valence-corrected chi connectivity index (χ0v) is 18.7. The monoisotopic (exact) mass is 451 g/mol. The normalized spacial score (nSPS) is 27.9. The molecule has 4 atom stereocenters. The number of rotatable bonds is 7. The van der Waals surface area contributed by atoms with E-state index in [1.54, 1.807) is 0 Å². The van der Waals surface area contributed by atoms with Gasteiger partial charge in [0.2, 0.25) is 5.91 Å². The summed E-state index contributed by atoms with van der Waals surface area (Å²) in [6.07, 6.45) is -0.270. The van der Waals surface area contributed by atoms with Crippen molar-refractivity contribution in [3.63, 3.8) is 0 Å². The van der Waals surface area contributed by atoms with Gasteiger partial charge in [0.25, 0.3) is 0 Å². The van der Waals surface area contributed by atoms with Gasteiger partial charge in [-0.3, -0.25) is 25.8 Å². The third kappa shape index (κ3) is 5.45. The number of hydrazine groups is 1. The van der Waals surface area contributed by atoms with E-state index in [9.17, 15) is 4.79 Å². The number of ether oxygens (including phenoxy) is 1. The predicted molar refractivity (Wildman–Crippen MR) is 128 cm³/mol. The molecular weight excluding hydrogens is 418 g/mol. The Labute approximate surface area is 194 Å². The van der Waals surface area contributed by atoms with Crippen molar-refractivity contribution in [3.8, 4) is 5.75 Å². The summed E-state index contributed by atoms with van der Waals surface area (Å²) in [5.74, 6) is 0.581. The third-order valence-corrected chi connectivity index (χ3v) is 6.55. The zero-order valence-electron chi connectivity index (χ0n) is 18.7. The molecule has 3 saturated heterocycles. The summed E-state index contributed by atoms with van der Waals surface area (Å²) < 4.78 is 5.94. The maximum Gasteiger partial charge on any atom is 0.242 e. The van der Waals surface area contributed by atoms with Crippen LogP contribution in [0.15, 0.2) is 54.6 Å². The van der Waals surface area contributed by atoms with E-state index in [1.807, 2.05) is 42.5 Å². The van der Waals surface area contributed by atoms with E-state index >= 15 is 0 Å². The number of benzene rings is 2. The van der Waals surface area contributed by atoms with Crippen molar-refractivity contribution in [2.24, 2.45) is 5.92 Å². The minimum Gasteiger partial charge on any atom is -0.492 e. The Morgan fingerprint density at radius 3 is 2.58 bits per heavy atom. The van der Waals surface area contributed by atoms with Crippen molar-refractivity contribution >= 4 is 11.6 Å². The smallest absolute Gasteiger partial charge is 0.242 e. The molecule has 0 aromatic heterocycles. The van der Waals surface area contributed by atoms with E-state index in [0.29, 0.717) is 13.2 Å². The molecule has 9 heteroatoms. The second-order valence-electron chi connectivity index (χ2n) is 8.77. The molecule has 1 amide bonds. The number of nitrogens with one attached hydrogen (secondary N) is 6. The van der Waals surface area contributed by atoms with Crippen molar-refractivity contribution in [2.75, 3.05) is 51.2 Å². The van der Waals surface area contributed by atoms with E-state index in [4.69, 9.17) is 4.74 Å². The van der Waals surface area contributed by atoms with E-state index in [1.165, 1.54) is 0 Å². The number of piperazine rings is 1. The topological polar surface area (TPSA) is 102 Å². The summed E-state index contributed by atoms with van der Waals surface area (Å²) in [5, 5.41) is 14.1. The fraction of sp³-hybridized carbons (Fsp3) is 0.458. The summed E-state index contributed by atoms with van der Waals surface area (Å²) in [6, 6.07) is 18.2. The molecule has 3 aliphatic rings. The number of fused-ring (bicyclic) bond motifs is 1. The lowest BCUT2D eigenvalue weighted by Crippen LogP contribution is -2.71. The molecule has 176 valence electrons. The van der Waals surface area contributed by atoms with Gasteiger partial charge in [0.1, 0.15) is 12.4 Å². The standard InChI is InChI=1S/C24H33N7O2/c32-24-21-20(16-26-30-24)28-22(17-4-2-1-3-5-17)29-23(21)27-18-6-8-19(9-7-18)33-15-14-31-12-10-25-11-13-31/h1-9,20-23,25-29H,10-16H2,(H,30,32). The van der Waals surface area contributed by atoms with E-state index in [-0.39, 0.29) is 30.2 Å². The molecule has 0 aliphatic carbocycles. The number of hydrogen-bond acceptors (Lipinski definition) is 8. The van der Waals surface area contributed by atoms with Gasteiger partial charge in [-0.2, -0.15) is 0 Å². The highest BCUT2D eigenvalue weighted by Crippen LogP contribution is 2.26. The van der Waals surface area contributed by atoms with Gasteiger partial charge in [-0.05, 0) is 29.8 Å². The minimum atomic E-state index is -0.249. The Bertz CT molecular complexity index is 905. The van der Waals surface area contributed by atoms with Crippen LogP contribution in [0, 0.1) is 5.92 Å². The number of hydrogen-bond donors (Lipinski definition) is 6. The first-order chi connectivity index (χ1) is 16.3. The van der Waals surface area contributed by atoms with Gasteiger partial charge < -0.3 is 15.4 Å². The number of carbonyl (C=O) groups excluding carboxylic acids is 1. The molecule has 0 bridgehead atoms. The van der Waals surface area contributed by atoms with Crippen molar-refractivity contribution < 1.29 is 9.53 Å². The van der Waals surface area contributed by atoms with Gasteiger partial charge in [0.15, 0.2) is 0 Å². The van der Waals surface area contributed by atoms with E-state index in [2.05, 4.69) is 49.2 Å². The Hall–Kier alpha value is -2.69. The highest BCUT2D eigenvalue weighted by molar-refractivity contribution is 5.81. The molecule has 0 saturated carbocycles. The van der Waals surface area contributed by atoms with Crippen LogP contribution in [-0.4, -0.2) is 68.9 Å². The predicted octanol–water partition coefficient (Wildman–Crippen LogP) is 0.219. The van der Waals surface area contributed by atoms with E-state index in [0.717, 1.165) is 49.7 Å². The molecule has 3 aliphatic heterocycles. The van der Waals surface area contributed by atoms with Crippen LogP contribution in [-0.2, 0) is 4.79 Å². The van der Waals surface area contributed by atoms with Gasteiger partial charge in [-0.15, -0.1) is 0 Å². The van der Waals surface area contributed by atoms with Gasteiger partial charge >= 0.3 is 0 Å². The Morgan fingerprint density at radius 1 is 1.00 bits per heavy atom. The number of anilines is 1. The van der Waals surface area contributed by atoms with Crippen LogP contribution in [0.4, 0.5) is 5.69 Å². The SMILES string of the molecule is O=C1NNCC2NC(c3ccccc3)NC(Nc3ccc(OCCN4CCNCC4)cc3)C12. The van der Waals surface area contributed by atoms with Crippen molar-refractivity contribution in [2.45, 2.75) is 18.4 Å². The molecule has 33 heavy (non-hydrogen) atoms. The van der Waals surface area contributed by atoms with Gasteiger partial charge in [-0.1, -0.05) is 30.3 Å². The van der Waals surface area contributed by atoms with Crippen LogP contribution in [0.1, 0.15) is 11.7 Å². The number of nitrogens with zero attached hydrogens (tertiary/aromatic N) is 1.